The summed E-state index contributed by atoms with van der Waals surface area (Å²) in [7, 11) is 0. The predicted molar refractivity (Wildman–Crippen MR) is 77.3 cm³/mol. The summed E-state index contributed by atoms with van der Waals surface area (Å²) in [5.74, 6) is 1.71. The zero-order chi connectivity index (χ0) is 13.7. The Morgan fingerprint density at radius 3 is 2.16 bits per heavy atom. The van der Waals surface area contributed by atoms with Gasteiger partial charge in [0.25, 0.3) is 0 Å². The van der Waals surface area contributed by atoms with Crippen LogP contribution in [0.15, 0.2) is 0 Å². The number of aliphatic hydroxyl groups is 1. The second-order valence-corrected chi connectivity index (χ2v) is 6.34. The fraction of sp³-hybridized carbons (Fsp3) is 1.00. The monoisotopic (exact) mass is 270 g/mol. The summed E-state index contributed by atoms with van der Waals surface area (Å²) < 4.78 is 5.65. The molecule has 4 nitrogen and oxygen atoms in total. The number of hydrogen-bond donors (Lipinski definition) is 1. The maximum absolute atomic E-state index is 9.03. The summed E-state index contributed by atoms with van der Waals surface area (Å²) in [5, 5.41) is 9.03. The molecule has 19 heavy (non-hydrogen) atoms. The van der Waals surface area contributed by atoms with E-state index >= 15 is 0 Å². The maximum Gasteiger partial charge on any atom is 0.0596 e. The SMILES string of the molecule is CC(C)OCCN1CC[C@H]2CN(CCO)CC[C@H]2C1. The second kappa shape index (κ2) is 7.58. The average molecular weight is 270 g/mol. The van der Waals surface area contributed by atoms with Crippen LogP contribution in [-0.4, -0.2) is 73.5 Å². The van der Waals surface area contributed by atoms with Crippen molar-refractivity contribution in [2.45, 2.75) is 32.8 Å². The van der Waals surface area contributed by atoms with Gasteiger partial charge in [-0.15, -0.1) is 0 Å². The smallest absolute Gasteiger partial charge is 0.0596 e. The highest BCUT2D eigenvalue weighted by molar-refractivity contribution is 4.86. The molecule has 2 rings (SSSR count). The van der Waals surface area contributed by atoms with Crippen LogP contribution >= 0.6 is 0 Å². The van der Waals surface area contributed by atoms with E-state index in [2.05, 4.69) is 23.6 Å². The molecule has 0 aromatic heterocycles. The van der Waals surface area contributed by atoms with Gasteiger partial charge in [0.1, 0.15) is 0 Å². The van der Waals surface area contributed by atoms with Gasteiger partial charge in [-0.1, -0.05) is 0 Å². The van der Waals surface area contributed by atoms with Crippen LogP contribution in [0.2, 0.25) is 0 Å². The first-order valence-electron chi connectivity index (χ1n) is 7.86. The van der Waals surface area contributed by atoms with Crippen molar-refractivity contribution in [3.63, 3.8) is 0 Å². The molecule has 0 aromatic carbocycles. The van der Waals surface area contributed by atoms with Gasteiger partial charge in [0, 0.05) is 26.2 Å². The summed E-state index contributed by atoms with van der Waals surface area (Å²) in [6.07, 6.45) is 2.96. The third kappa shape index (κ3) is 4.71. The Hall–Kier alpha value is -0.160. The lowest BCUT2D eigenvalue weighted by Crippen LogP contribution is -2.50. The topological polar surface area (TPSA) is 35.9 Å². The normalized spacial score (nSPS) is 29.7. The Balaban J connectivity index is 1.70. The number of piperidine rings is 2. The first-order chi connectivity index (χ1) is 9.19. The molecule has 4 heteroatoms. The second-order valence-electron chi connectivity index (χ2n) is 6.34. The standard InChI is InChI=1S/C15H30N2O2/c1-13(2)19-10-8-17-6-4-14-11-16(7-9-18)5-3-15(14)12-17/h13-15,18H,3-12H2,1-2H3/t14-,15-/m0/s1. The molecule has 2 aliphatic rings. The van der Waals surface area contributed by atoms with E-state index < -0.39 is 0 Å². The number of β-amino-alcohol motifs (C(OH)–C–C–N with tert-alkyl or cyclic N) is 1. The third-order valence-corrected chi connectivity index (χ3v) is 4.56. The minimum atomic E-state index is 0.302. The fourth-order valence-electron chi connectivity index (χ4n) is 3.46. The van der Waals surface area contributed by atoms with Crippen molar-refractivity contribution in [2.75, 3.05) is 52.5 Å². The number of fused-ring (bicyclic) bond motifs is 1. The van der Waals surface area contributed by atoms with Crippen molar-refractivity contribution in [1.82, 2.24) is 9.80 Å². The van der Waals surface area contributed by atoms with Gasteiger partial charge in [-0.05, 0) is 51.6 Å². The van der Waals surface area contributed by atoms with Crippen LogP contribution in [0.5, 0.6) is 0 Å². The highest BCUT2D eigenvalue weighted by Gasteiger charge is 2.33. The molecule has 0 spiro atoms. The minimum absolute atomic E-state index is 0.302. The van der Waals surface area contributed by atoms with E-state index in [0.717, 1.165) is 38.1 Å². The average Bonchev–Trinajstić information content (AvgIpc) is 2.39. The van der Waals surface area contributed by atoms with Gasteiger partial charge in [-0.25, -0.2) is 0 Å². The van der Waals surface area contributed by atoms with Gasteiger partial charge < -0.3 is 19.6 Å². The zero-order valence-corrected chi connectivity index (χ0v) is 12.6. The molecule has 1 N–H and O–H groups in total. The molecule has 0 unspecified atom stereocenters. The largest absolute Gasteiger partial charge is 0.395 e. The number of rotatable bonds is 6. The molecule has 0 amide bonds. The van der Waals surface area contributed by atoms with E-state index in [1.807, 2.05) is 0 Å². The molecule has 112 valence electrons. The minimum Gasteiger partial charge on any atom is -0.395 e. The Labute approximate surface area is 117 Å². The number of ether oxygens (including phenoxy) is 1. The molecule has 0 aliphatic carbocycles. The summed E-state index contributed by atoms with van der Waals surface area (Å²) in [6, 6.07) is 0. The number of hydrogen-bond acceptors (Lipinski definition) is 4. The van der Waals surface area contributed by atoms with Crippen LogP contribution in [0.1, 0.15) is 26.7 Å². The van der Waals surface area contributed by atoms with E-state index in [9.17, 15) is 0 Å². The van der Waals surface area contributed by atoms with Crippen molar-refractivity contribution < 1.29 is 9.84 Å². The first-order valence-corrected chi connectivity index (χ1v) is 7.86. The number of aliphatic hydroxyl groups excluding tert-OH is 1. The van der Waals surface area contributed by atoms with Crippen LogP contribution in [-0.2, 0) is 4.74 Å². The zero-order valence-electron chi connectivity index (χ0n) is 12.6. The molecule has 0 radical (unpaired) electrons. The lowest BCUT2D eigenvalue weighted by Gasteiger charge is -2.44. The summed E-state index contributed by atoms with van der Waals surface area (Å²) in [4.78, 5) is 5.00. The van der Waals surface area contributed by atoms with Crippen LogP contribution in [0.4, 0.5) is 0 Å². The van der Waals surface area contributed by atoms with E-state index in [1.165, 1.54) is 32.5 Å². The number of likely N-dealkylation sites (tertiary alicyclic amines) is 2. The molecule has 2 heterocycles. The quantitative estimate of drug-likeness (QED) is 0.782. The molecule has 2 aliphatic heterocycles. The molecule has 2 saturated heterocycles. The Kier molecular flexibility index (Phi) is 6.07. The third-order valence-electron chi connectivity index (χ3n) is 4.56. The van der Waals surface area contributed by atoms with E-state index in [4.69, 9.17) is 9.84 Å². The van der Waals surface area contributed by atoms with Gasteiger partial charge in [-0.2, -0.15) is 0 Å². The van der Waals surface area contributed by atoms with Crippen LogP contribution in [0.3, 0.4) is 0 Å². The molecular weight excluding hydrogens is 240 g/mol. The molecule has 2 atom stereocenters. The predicted octanol–water partition coefficient (Wildman–Crippen LogP) is 1.05. The number of nitrogens with zero attached hydrogens (tertiary/aromatic N) is 2. The van der Waals surface area contributed by atoms with Crippen molar-refractivity contribution in [3.8, 4) is 0 Å². The Morgan fingerprint density at radius 1 is 1.05 bits per heavy atom. The summed E-state index contributed by atoms with van der Waals surface area (Å²) >= 11 is 0. The molecule has 0 bridgehead atoms. The highest BCUT2D eigenvalue weighted by Crippen LogP contribution is 2.30. The summed E-state index contributed by atoms with van der Waals surface area (Å²) in [6.45, 7) is 12.1. The van der Waals surface area contributed by atoms with Crippen molar-refractivity contribution in [3.05, 3.63) is 0 Å². The maximum atomic E-state index is 9.03. The van der Waals surface area contributed by atoms with Crippen LogP contribution in [0.25, 0.3) is 0 Å². The first kappa shape index (κ1) is 15.2. The molecule has 0 saturated carbocycles. The highest BCUT2D eigenvalue weighted by atomic mass is 16.5. The van der Waals surface area contributed by atoms with Crippen LogP contribution < -0.4 is 0 Å². The molecular formula is C15H30N2O2. The van der Waals surface area contributed by atoms with Gasteiger partial charge in [-0.3, -0.25) is 0 Å². The van der Waals surface area contributed by atoms with Gasteiger partial charge in [0.2, 0.25) is 0 Å². The van der Waals surface area contributed by atoms with Gasteiger partial charge >= 0.3 is 0 Å². The molecule has 2 fully saturated rings. The van der Waals surface area contributed by atoms with Crippen molar-refractivity contribution in [2.24, 2.45) is 11.8 Å². The van der Waals surface area contributed by atoms with Crippen LogP contribution in [0, 0.1) is 11.8 Å². The van der Waals surface area contributed by atoms with Crippen molar-refractivity contribution in [1.29, 1.82) is 0 Å². The van der Waals surface area contributed by atoms with Gasteiger partial charge in [0.05, 0.1) is 19.3 Å². The van der Waals surface area contributed by atoms with Gasteiger partial charge in [0.15, 0.2) is 0 Å². The lowest BCUT2D eigenvalue weighted by atomic mass is 9.80. The van der Waals surface area contributed by atoms with Crippen molar-refractivity contribution >= 4 is 0 Å². The van der Waals surface area contributed by atoms with E-state index in [-0.39, 0.29) is 0 Å². The summed E-state index contributed by atoms with van der Waals surface area (Å²) in [5.41, 5.74) is 0. The Morgan fingerprint density at radius 2 is 1.63 bits per heavy atom. The fourth-order valence-corrected chi connectivity index (χ4v) is 3.46. The lowest BCUT2D eigenvalue weighted by molar-refractivity contribution is 0.0121. The van der Waals surface area contributed by atoms with E-state index in [1.54, 1.807) is 0 Å². The Bertz CT molecular complexity index is 261. The van der Waals surface area contributed by atoms with E-state index in [0.29, 0.717) is 12.7 Å². The molecule has 0 aromatic rings.